The molecule has 3 nitrogen and oxygen atoms in total. The standard InChI is InChI=1S/C4H6N2O/c1-3-5-2-4(7)6-3/h2,7H,1H3,(H,5,6). The molecule has 1 rings (SSSR count). The lowest BCUT2D eigenvalue weighted by Gasteiger charge is -1.74. The van der Waals surface area contributed by atoms with E-state index in [1.54, 1.807) is 6.92 Å². The van der Waals surface area contributed by atoms with Crippen molar-refractivity contribution in [2.75, 3.05) is 0 Å². The number of aryl methyl sites for hydroxylation is 1. The normalized spacial score (nSPS) is 9.29. The van der Waals surface area contributed by atoms with Gasteiger partial charge in [0.2, 0.25) is 5.88 Å². The molecule has 1 aromatic rings. The van der Waals surface area contributed by atoms with Crippen molar-refractivity contribution in [1.29, 1.82) is 0 Å². The van der Waals surface area contributed by atoms with E-state index in [9.17, 15) is 0 Å². The van der Waals surface area contributed by atoms with E-state index in [1.165, 1.54) is 6.20 Å². The molecule has 0 radical (unpaired) electrons. The van der Waals surface area contributed by atoms with E-state index in [4.69, 9.17) is 5.11 Å². The molecule has 0 aliphatic carbocycles. The van der Waals surface area contributed by atoms with Crippen LogP contribution in [0.3, 0.4) is 0 Å². The Morgan fingerprint density at radius 2 is 2.57 bits per heavy atom. The van der Waals surface area contributed by atoms with Gasteiger partial charge in [0.1, 0.15) is 5.82 Å². The van der Waals surface area contributed by atoms with Crippen molar-refractivity contribution >= 4 is 0 Å². The Labute approximate surface area is 41.0 Å². The topological polar surface area (TPSA) is 48.9 Å². The quantitative estimate of drug-likeness (QED) is 0.494. The number of nitrogens with one attached hydrogen (secondary N) is 1. The van der Waals surface area contributed by atoms with Crippen LogP contribution in [-0.2, 0) is 0 Å². The highest BCUT2D eigenvalue weighted by Gasteiger charge is 1.86. The third-order valence-corrected chi connectivity index (χ3v) is 0.689. The second-order valence-corrected chi connectivity index (χ2v) is 1.35. The molecule has 1 heterocycles. The van der Waals surface area contributed by atoms with Crippen LogP contribution in [0.15, 0.2) is 6.20 Å². The Morgan fingerprint density at radius 3 is 2.71 bits per heavy atom. The van der Waals surface area contributed by atoms with Crippen LogP contribution in [0.2, 0.25) is 0 Å². The van der Waals surface area contributed by atoms with Gasteiger partial charge in [0, 0.05) is 0 Å². The van der Waals surface area contributed by atoms with Gasteiger partial charge in [-0.3, -0.25) is 0 Å². The van der Waals surface area contributed by atoms with E-state index in [0.717, 1.165) is 5.82 Å². The zero-order valence-corrected chi connectivity index (χ0v) is 3.97. The second-order valence-electron chi connectivity index (χ2n) is 1.35. The van der Waals surface area contributed by atoms with Crippen molar-refractivity contribution in [2.24, 2.45) is 0 Å². The van der Waals surface area contributed by atoms with Gasteiger partial charge in [-0.15, -0.1) is 0 Å². The van der Waals surface area contributed by atoms with Crippen molar-refractivity contribution < 1.29 is 5.11 Å². The Morgan fingerprint density at radius 1 is 1.86 bits per heavy atom. The molecule has 0 fully saturated rings. The van der Waals surface area contributed by atoms with E-state index < -0.39 is 0 Å². The minimum Gasteiger partial charge on any atom is -0.493 e. The van der Waals surface area contributed by atoms with Crippen molar-refractivity contribution in [3.63, 3.8) is 0 Å². The average Bonchev–Trinajstić information content (AvgIpc) is 1.87. The number of H-pyrrole nitrogens is 1. The number of hydrogen-bond donors (Lipinski definition) is 2. The van der Waals surface area contributed by atoms with Crippen molar-refractivity contribution in [3.05, 3.63) is 12.0 Å². The van der Waals surface area contributed by atoms with Crippen molar-refractivity contribution in [1.82, 2.24) is 9.97 Å². The minimum absolute atomic E-state index is 0.123. The molecule has 0 spiro atoms. The van der Waals surface area contributed by atoms with Gasteiger partial charge >= 0.3 is 0 Å². The van der Waals surface area contributed by atoms with Crippen LogP contribution >= 0.6 is 0 Å². The molecule has 0 aliphatic rings. The van der Waals surface area contributed by atoms with Crippen LogP contribution in [0.25, 0.3) is 0 Å². The number of rotatable bonds is 0. The zero-order chi connectivity index (χ0) is 5.28. The lowest BCUT2D eigenvalue weighted by molar-refractivity contribution is 0.456. The maximum atomic E-state index is 8.54. The Hall–Kier alpha value is -0.990. The predicted octanol–water partition coefficient (Wildman–Crippen LogP) is 0.424. The molecule has 2 N–H and O–H groups in total. The molecule has 0 aromatic carbocycles. The van der Waals surface area contributed by atoms with E-state index >= 15 is 0 Å². The van der Waals surface area contributed by atoms with E-state index in [0.29, 0.717) is 0 Å². The van der Waals surface area contributed by atoms with Gasteiger partial charge in [-0.05, 0) is 6.92 Å². The summed E-state index contributed by atoms with van der Waals surface area (Å²) in [4.78, 5) is 6.29. The number of hydrogen-bond acceptors (Lipinski definition) is 2. The molecule has 0 aliphatic heterocycles. The highest BCUT2D eigenvalue weighted by molar-refractivity contribution is 5.02. The largest absolute Gasteiger partial charge is 0.493 e. The monoisotopic (exact) mass is 98.0 g/mol. The summed E-state index contributed by atoms with van der Waals surface area (Å²) in [6.07, 6.45) is 1.37. The Bertz CT molecular complexity index is 142. The summed E-state index contributed by atoms with van der Waals surface area (Å²) in [7, 11) is 0. The first kappa shape index (κ1) is 4.18. The first-order chi connectivity index (χ1) is 3.29. The molecular weight excluding hydrogens is 92.1 g/mol. The fourth-order valence-corrected chi connectivity index (χ4v) is 0.408. The summed E-state index contributed by atoms with van der Waals surface area (Å²) in [6.45, 7) is 1.78. The Kier molecular flexibility index (Phi) is 0.749. The zero-order valence-electron chi connectivity index (χ0n) is 3.97. The molecule has 0 atom stereocenters. The summed E-state index contributed by atoms with van der Waals surface area (Å²) in [6, 6.07) is 0. The lowest BCUT2D eigenvalue weighted by atomic mass is 10.8. The average molecular weight is 98.1 g/mol. The van der Waals surface area contributed by atoms with Crippen LogP contribution in [0, 0.1) is 6.92 Å². The number of nitrogens with zero attached hydrogens (tertiary/aromatic N) is 1. The highest BCUT2D eigenvalue weighted by Crippen LogP contribution is 1.99. The first-order valence-corrected chi connectivity index (χ1v) is 1.99. The second kappa shape index (κ2) is 1.26. The molecule has 0 saturated heterocycles. The predicted molar refractivity (Wildman–Crippen MR) is 25.0 cm³/mol. The number of aromatic amines is 1. The summed E-state index contributed by atoms with van der Waals surface area (Å²) in [5, 5.41) is 8.54. The van der Waals surface area contributed by atoms with Crippen LogP contribution in [0.4, 0.5) is 0 Å². The van der Waals surface area contributed by atoms with Crippen molar-refractivity contribution in [3.8, 4) is 5.88 Å². The molecule has 0 amide bonds. The van der Waals surface area contributed by atoms with Gasteiger partial charge in [0.25, 0.3) is 0 Å². The molecular formula is C4H6N2O. The number of aromatic hydroxyl groups is 1. The minimum atomic E-state index is 0.123. The van der Waals surface area contributed by atoms with Gasteiger partial charge in [-0.1, -0.05) is 0 Å². The molecule has 3 heteroatoms. The lowest BCUT2D eigenvalue weighted by Crippen LogP contribution is -1.67. The fourth-order valence-electron chi connectivity index (χ4n) is 0.408. The van der Waals surface area contributed by atoms with Crippen molar-refractivity contribution in [2.45, 2.75) is 6.92 Å². The smallest absolute Gasteiger partial charge is 0.208 e. The van der Waals surface area contributed by atoms with Crippen LogP contribution < -0.4 is 0 Å². The first-order valence-electron chi connectivity index (χ1n) is 1.99. The van der Waals surface area contributed by atoms with Crippen LogP contribution in [0.5, 0.6) is 5.88 Å². The third-order valence-electron chi connectivity index (χ3n) is 0.689. The summed E-state index contributed by atoms with van der Waals surface area (Å²) < 4.78 is 0. The van der Waals surface area contributed by atoms with Gasteiger partial charge in [-0.2, -0.15) is 0 Å². The summed E-state index contributed by atoms with van der Waals surface area (Å²) in [5.41, 5.74) is 0. The number of imidazole rings is 1. The summed E-state index contributed by atoms with van der Waals surface area (Å²) >= 11 is 0. The van der Waals surface area contributed by atoms with Crippen LogP contribution in [0.1, 0.15) is 5.82 Å². The van der Waals surface area contributed by atoms with E-state index in [2.05, 4.69) is 9.97 Å². The molecule has 7 heavy (non-hydrogen) atoms. The number of aromatic nitrogens is 2. The molecule has 0 saturated carbocycles. The van der Waals surface area contributed by atoms with E-state index in [-0.39, 0.29) is 5.88 Å². The Balaban J connectivity index is 3.04. The fraction of sp³-hybridized carbons (Fsp3) is 0.250. The SMILES string of the molecule is Cc1ncc(O)[nH]1. The maximum absolute atomic E-state index is 8.54. The summed E-state index contributed by atoms with van der Waals surface area (Å²) in [5.74, 6) is 0.856. The van der Waals surface area contributed by atoms with E-state index in [1.807, 2.05) is 0 Å². The molecule has 38 valence electrons. The van der Waals surface area contributed by atoms with Gasteiger partial charge in [0.15, 0.2) is 0 Å². The highest BCUT2D eigenvalue weighted by atomic mass is 16.3. The third kappa shape index (κ3) is 0.707. The molecule has 1 aromatic heterocycles. The molecule has 0 bridgehead atoms. The molecule has 0 unspecified atom stereocenters. The van der Waals surface area contributed by atoms with Gasteiger partial charge < -0.3 is 10.1 Å². The van der Waals surface area contributed by atoms with Gasteiger partial charge in [0.05, 0.1) is 6.20 Å². The van der Waals surface area contributed by atoms with Gasteiger partial charge in [-0.25, -0.2) is 4.98 Å². The maximum Gasteiger partial charge on any atom is 0.208 e. The van der Waals surface area contributed by atoms with Crippen LogP contribution in [-0.4, -0.2) is 15.1 Å².